The quantitative estimate of drug-likeness (QED) is 0.867. The van der Waals surface area contributed by atoms with E-state index in [1.54, 1.807) is 11.3 Å². The van der Waals surface area contributed by atoms with Crippen LogP contribution in [0.15, 0.2) is 11.6 Å². The molecule has 108 valence electrons. The molecule has 1 aromatic rings. The Kier molecular flexibility index (Phi) is 5.79. The molecule has 0 bridgehead atoms. The summed E-state index contributed by atoms with van der Waals surface area (Å²) in [6, 6.07) is 1.11. The van der Waals surface area contributed by atoms with Crippen molar-refractivity contribution in [1.82, 2.24) is 15.2 Å². The van der Waals surface area contributed by atoms with Gasteiger partial charge < -0.3 is 10.2 Å². The average Bonchev–Trinajstić information content (AvgIpc) is 2.91. The Labute approximate surface area is 121 Å². The lowest BCUT2D eigenvalue weighted by molar-refractivity contribution is 0.173. The van der Waals surface area contributed by atoms with E-state index in [0.29, 0.717) is 12.1 Å². The SMILES string of the molecule is CCC(NC1CCN(CC(C)C)CC1)c1nccs1. The van der Waals surface area contributed by atoms with Crippen molar-refractivity contribution < 1.29 is 0 Å². The van der Waals surface area contributed by atoms with Gasteiger partial charge in [-0.2, -0.15) is 0 Å². The summed E-state index contributed by atoms with van der Waals surface area (Å²) in [5.41, 5.74) is 0. The Balaban J connectivity index is 1.78. The third kappa shape index (κ3) is 4.55. The summed E-state index contributed by atoms with van der Waals surface area (Å²) in [4.78, 5) is 7.06. The van der Waals surface area contributed by atoms with Gasteiger partial charge in [0.1, 0.15) is 5.01 Å². The first-order chi connectivity index (χ1) is 9.19. The Bertz CT molecular complexity index is 342. The minimum Gasteiger partial charge on any atom is -0.305 e. The van der Waals surface area contributed by atoms with Gasteiger partial charge in [-0.05, 0) is 38.3 Å². The van der Waals surface area contributed by atoms with E-state index >= 15 is 0 Å². The first-order valence-corrected chi connectivity index (χ1v) is 8.44. The van der Waals surface area contributed by atoms with Crippen LogP contribution in [0.5, 0.6) is 0 Å². The number of rotatable bonds is 6. The zero-order chi connectivity index (χ0) is 13.7. The van der Waals surface area contributed by atoms with Crippen molar-refractivity contribution in [3.63, 3.8) is 0 Å². The molecule has 1 fully saturated rings. The first kappa shape index (κ1) is 14.9. The van der Waals surface area contributed by atoms with E-state index < -0.39 is 0 Å². The molecule has 2 rings (SSSR count). The smallest absolute Gasteiger partial charge is 0.109 e. The Morgan fingerprint density at radius 1 is 1.42 bits per heavy atom. The average molecular weight is 281 g/mol. The van der Waals surface area contributed by atoms with Crippen LogP contribution in [0.2, 0.25) is 0 Å². The van der Waals surface area contributed by atoms with Gasteiger partial charge in [-0.25, -0.2) is 4.98 Å². The molecule has 0 spiro atoms. The van der Waals surface area contributed by atoms with Gasteiger partial charge in [-0.15, -0.1) is 11.3 Å². The third-order valence-electron chi connectivity index (χ3n) is 3.81. The van der Waals surface area contributed by atoms with Gasteiger partial charge in [0, 0.05) is 24.2 Å². The third-order valence-corrected chi connectivity index (χ3v) is 4.69. The zero-order valence-corrected chi connectivity index (χ0v) is 13.2. The van der Waals surface area contributed by atoms with E-state index in [-0.39, 0.29) is 0 Å². The van der Waals surface area contributed by atoms with E-state index in [4.69, 9.17) is 0 Å². The highest BCUT2D eigenvalue weighted by molar-refractivity contribution is 7.09. The van der Waals surface area contributed by atoms with Crippen molar-refractivity contribution in [2.75, 3.05) is 19.6 Å². The summed E-state index contributed by atoms with van der Waals surface area (Å²) in [5, 5.41) is 7.12. The van der Waals surface area contributed by atoms with Gasteiger partial charge in [-0.3, -0.25) is 0 Å². The van der Waals surface area contributed by atoms with Crippen LogP contribution in [-0.2, 0) is 0 Å². The predicted octanol–water partition coefficient (Wildman–Crippen LogP) is 3.30. The van der Waals surface area contributed by atoms with Gasteiger partial charge in [-0.1, -0.05) is 20.8 Å². The van der Waals surface area contributed by atoms with Gasteiger partial charge >= 0.3 is 0 Å². The second kappa shape index (κ2) is 7.36. The van der Waals surface area contributed by atoms with Crippen molar-refractivity contribution in [2.45, 2.75) is 52.1 Å². The lowest BCUT2D eigenvalue weighted by atomic mass is 10.0. The van der Waals surface area contributed by atoms with Crippen LogP contribution < -0.4 is 5.32 Å². The standard InChI is InChI=1S/C15H27N3S/c1-4-14(15-16-7-10-19-15)17-13-5-8-18(9-6-13)11-12(2)3/h7,10,12-14,17H,4-6,8-9,11H2,1-3H3. The first-order valence-electron chi connectivity index (χ1n) is 7.56. The van der Waals surface area contributed by atoms with E-state index in [9.17, 15) is 0 Å². The number of thiazole rings is 1. The van der Waals surface area contributed by atoms with Crippen molar-refractivity contribution in [3.05, 3.63) is 16.6 Å². The molecule has 0 radical (unpaired) electrons. The normalized spacial score (nSPS) is 20.0. The van der Waals surface area contributed by atoms with Crippen molar-refractivity contribution in [2.24, 2.45) is 5.92 Å². The fourth-order valence-corrected chi connectivity index (χ4v) is 3.64. The number of hydrogen-bond acceptors (Lipinski definition) is 4. The second-order valence-electron chi connectivity index (χ2n) is 5.97. The lowest BCUT2D eigenvalue weighted by Gasteiger charge is -2.34. The number of nitrogens with zero attached hydrogens (tertiary/aromatic N) is 2. The highest BCUT2D eigenvalue weighted by Crippen LogP contribution is 2.22. The molecule has 4 heteroatoms. The molecule has 19 heavy (non-hydrogen) atoms. The minimum atomic E-state index is 0.446. The Morgan fingerprint density at radius 3 is 2.68 bits per heavy atom. The highest BCUT2D eigenvalue weighted by Gasteiger charge is 2.22. The molecule has 0 saturated carbocycles. The van der Waals surface area contributed by atoms with Crippen molar-refractivity contribution in [3.8, 4) is 0 Å². The van der Waals surface area contributed by atoms with Crippen LogP contribution in [0.1, 0.15) is 51.1 Å². The van der Waals surface area contributed by atoms with Gasteiger partial charge in [0.2, 0.25) is 0 Å². The maximum Gasteiger partial charge on any atom is 0.109 e. The molecular formula is C15H27N3S. The number of hydrogen-bond donors (Lipinski definition) is 1. The molecule has 3 nitrogen and oxygen atoms in total. The maximum absolute atomic E-state index is 4.45. The lowest BCUT2D eigenvalue weighted by Crippen LogP contribution is -2.44. The van der Waals surface area contributed by atoms with Crippen LogP contribution >= 0.6 is 11.3 Å². The molecule has 0 aliphatic carbocycles. The van der Waals surface area contributed by atoms with Crippen LogP contribution in [0.25, 0.3) is 0 Å². The number of aromatic nitrogens is 1. The van der Waals surface area contributed by atoms with Gasteiger partial charge in [0.25, 0.3) is 0 Å². The molecule has 0 amide bonds. The largest absolute Gasteiger partial charge is 0.305 e. The van der Waals surface area contributed by atoms with Crippen molar-refractivity contribution in [1.29, 1.82) is 0 Å². The molecule has 1 aliphatic rings. The van der Waals surface area contributed by atoms with Crippen LogP contribution in [0.4, 0.5) is 0 Å². The molecule has 2 heterocycles. The van der Waals surface area contributed by atoms with E-state index in [0.717, 1.165) is 12.3 Å². The number of piperidine rings is 1. The number of likely N-dealkylation sites (tertiary alicyclic amines) is 1. The van der Waals surface area contributed by atoms with Crippen LogP contribution in [0.3, 0.4) is 0 Å². The minimum absolute atomic E-state index is 0.446. The summed E-state index contributed by atoms with van der Waals surface area (Å²) < 4.78 is 0. The molecular weight excluding hydrogens is 254 g/mol. The van der Waals surface area contributed by atoms with Crippen molar-refractivity contribution >= 4 is 11.3 Å². The zero-order valence-electron chi connectivity index (χ0n) is 12.4. The maximum atomic E-state index is 4.45. The second-order valence-corrected chi connectivity index (χ2v) is 6.89. The van der Waals surface area contributed by atoms with E-state index in [2.05, 4.69) is 41.4 Å². The van der Waals surface area contributed by atoms with Crippen LogP contribution in [0, 0.1) is 5.92 Å². The molecule has 1 N–H and O–H groups in total. The molecule has 0 aromatic carbocycles. The fourth-order valence-electron chi connectivity index (χ4n) is 2.85. The number of nitrogens with one attached hydrogen (secondary N) is 1. The monoisotopic (exact) mass is 281 g/mol. The summed E-state index contributed by atoms with van der Waals surface area (Å²) in [5.74, 6) is 0.781. The topological polar surface area (TPSA) is 28.2 Å². The van der Waals surface area contributed by atoms with Gasteiger partial charge in [0.15, 0.2) is 0 Å². The predicted molar refractivity (Wildman–Crippen MR) is 82.6 cm³/mol. The molecule has 1 aromatic heterocycles. The van der Waals surface area contributed by atoms with E-state index in [1.807, 2.05) is 6.20 Å². The summed E-state index contributed by atoms with van der Waals surface area (Å²) in [7, 11) is 0. The highest BCUT2D eigenvalue weighted by atomic mass is 32.1. The summed E-state index contributed by atoms with van der Waals surface area (Å²) in [6.07, 6.45) is 5.58. The van der Waals surface area contributed by atoms with Crippen LogP contribution in [-0.4, -0.2) is 35.6 Å². The molecule has 1 unspecified atom stereocenters. The summed E-state index contributed by atoms with van der Waals surface area (Å²) in [6.45, 7) is 10.6. The summed E-state index contributed by atoms with van der Waals surface area (Å²) >= 11 is 1.77. The Morgan fingerprint density at radius 2 is 2.16 bits per heavy atom. The molecule has 1 atom stereocenters. The Hall–Kier alpha value is -0.450. The fraction of sp³-hybridized carbons (Fsp3) is 0.800. The molecule has 1 aliphatic heterocycles. The van der Waals surface area contributed by atoms with E-state index in [1.165, 1.54) is 37.5 Å². The molecule has 1 saturated heterocycles. The van der Waals surface area contributed by atoms with Gasteiger partial charge in [0.05, 0.1) is 6.04 Å².